The number of epoxide rings is 2. The predicted octanol–water partition coefficient (Wildman–Crippen LogP) is -3.45. The summed E-state index contributed by atoms with van der Waals surface area (Å²) < 4.78 is 28.0. The fraction of sp³-hybridized carbons (Fsp3) is 0.773. The fourth-order valence-corrected chi connectivity index (χ4v) is 2.49. The molecule has 2 heterocycles. The van der Waals surface area contributed by atoms with Gasteiger partial charge in [0.25, 0.3) is 0 Å². The average molecular weight is 613 g/mol. The van der Waals surface area contributed by atoms with Gasteiger partial charge in [-0.1, -0.05) is 0 Å². The average Bonchev–Trinajstić information content (AvgIpc) is 3.68. The number of hydrogen-bond acceptors (Lipinski definition) is 15. The molecular weight excluding hydrogens is 575 g/mol. The van der Waals surface area contributed by atoms with Crippen molar-refractivity contribution < 1.29 is 114 Å². The Kier molecular flexibility index (Phi) is 29.7. The molecule has 13 nitrogen and oxygen atoms in total. The first kappa shape index (κ1) is 42.1. The summed E-state index contributed by atoms with van der Waals surface area (Å²) in [7, 11) is 0. The van der Waals surface area contributed by atoms with Gasteiger partial charge < -0.3 is 56.1 Å². The third kappa shape index (κ3) is 42.7. The maximum absolute atomic E-state index is 10.5. The summed E-state index contributed by atoms with van der Waals surface area (Å²) in [6.07, 6.45) is -1.13. The van der Waals surface area contributed by atoms with Crippen molar-refractivity contribution in [3.63, 3.8) is 0 Å². The quantitative estimate of drug-likeness (QED) is 0.0727. The molecule has 0 aliphatic carbocycles. The molecule has 0 amide bonds. The Balaban J connectivity index is -0.000000484. The van der Waals surface area contributed by atoms with Crippen LogP contribution in [0, 0.1) is 0 Å². The SMILES string of the molecule is CC(=O)OCC(O)CSCC(O)COC(C)=O.CC(=O)OCC1CO1.CC(=O)OCC1CO1.CC(=O)[S-].[K+]. The Morgan fingerprint density at radius 3 is 1.21 bits per heavy atom. The second-order valence-corrected chi connectivity index (χ2v) is 9.11. The molecule has 4 atom stereocenters. The van der Waals surface area contributed by atoms with Crippen molar-refractivity contribution in [2.45, 2.75) is 59.0 Å². The molecule has 2 fully saturated rings. The summed E-state index contributed by atoms with van der Waals surface area (Å²) in [5.41, 5.74) is 0. The van der Waals surface area contributed by atoms with Gasteiger partial charge in [-0.15, -0.1) is 0 Å². The first-order valence-corrected chi connectivity index (χ1v) is 12.7. The smallest absolute Gasteiger partial charge is 0.742 e. The molecule has 0 aromatic rings. The largest absolute Gasteiger partial charge is 1.00 e. The zero-order valence-electron chi connectivity index (χ0n) is 22.7. The van der Waals surface area contributed by atoms with Gasteiger partial charge in [0, 0.05) is 44.3 Å². The van der Waals surface area contributed by atoms with E-state index in [1.54, 1.807) is 0 Å². The van der Waals surface area contributed by atoms with Crippen molar-refractivity contribution in [2.75, 3.05) is 51.1 Å². The number of aliphatic hydroxyl groups excluding tert-OH is 2. The van der Waals surface area contributed by atoms with Gasteiger partial charge in [0.1, 0.15) is 38.6 Å². The Bertz CT molecular complexity index is 634. The van der Waals surface area contributed by atoms with Crippen molar-refractivity contribution in [3.05, 3.63) is 0 Å². The van der Waals surface area contributed by atoms with E-state index in [2.05, 4.69) is 31.6 Å². The maximum Gasteiger partial charge on any atom is 1.00 e. The molecule has 2 N–H and O–H groups in total. The van der Waals surface area contributed by atoms with Crippen LogP contribution in [-0.2, 0) is 65.0 Å². The van der Waals surface area contributed by atoms with E-state index in [-0.39, 0.29) is 93.9 Å². The molecule has 38 heavy (non-hydrogen) atoms. The molecule has 0 aromatic heterocycles. The Hall–Kier alpha value is -0.404. The summed E-state index contributed by atoms with van der Waals surface area (Å²) in [5, 5.41) is 18.5. The minimum atomic E-state index is -0.759. The van der Waals surface area contributed by atoms with E-state index in [1.165, 1.54) is 46.4 Å². The minimum absolute atomic E-state index is 0. The minimum Gasteiger partial charge on any atom is -0.742 e. The molecule has 0 spiro atoms. The van der Waals surface area contributed by atoms with E-state index in [4.69, 9.17) is 9.47 Å². The summed E-state index contributed by atoms with van der Waals surface area (Å²) >= 11 is 5.27. The van der Waals surface area contributed by atoms with Crippen molar-refractivity contribution in [1.29, 1.82) is 0 Å². The zero-order chi connectivity index (χ0) is 28.8. The van der Waals surface area contributed by atoms with E-state index in [0.29, 0.717) is 24.7 Å². The second-order valence-electron chi connectivity index (χ2n) is 7.46. The van der Waals surface area contributed by atoms with E-state index < -0.39 is 24.1 Å². The van der Waals surface area contributed by atoms with Crippen LogP contribution in [0.5, 0.6) is 0 Å². The molecule has 16 heteroatoms. The van der Waals surface area contributed by atoms with Crippen LogP contribution in [0.4, 0.5) is 0 Å². The van der Waals surface area contributed by atoms with E-state index in [1.807, 2.05) is 0 Å². The van der Waals surface area contributed by atoms with Crippen LogP contribution in [0.1, 0.15) is 34.6 Å². The number of hydrogen-bond donors (Lipinski definition) is 2. The molecule has 216 valence electrons. The molecule has 2 rings (SSSR count). The monoisotopic (exact) mass is 612 g/mol. The zero-order valence-corrected chi connectivity index (χ0v) is 27.4. The number of aliphatic hydroxyl groups is 2. The number of carbonyl (C=O) groups is 5. The van der Waals surface area contributed by atoms with Crippen molar-refractivity contribution in [1.82, 2.24) is 0 Å². The van der Waals surface area contributed by atoms with Gasteiger partial charge in [-0.25, -0.2) is 0 Å². The van der Waals surface area contributed by atoms with Crippen molar-refractivity contribution in [3.8, 4) is 0 Å². The number of thioether (sulfide) groups is 1. The Morgan fingerprint density at radius 2 is 1.00 bits per heavy atom. The van der Waals surface area contributed by atoms with Gasteiger partial charge in [0.15, 0.2) is 0 Å². The molecule has 2 saturated heterocycles. The van der Waals surface area contributed by atoms with Crippen LogP contribution >= 0.6 is 11.8 Å². The molecule has 0 aromatic carbocycles. The molecular formula is C22H37KO13S2. The maximum atomic E-state index is 10.5. The van der Waals surface area contributed by atoms with Crippen molar-refractivity contribution in [2.24, 2.45) is 0 Å². The van der Waals surface area contributed by atoms with Gasteiger partial charge in [-0.2, -0.15) is 11.8 Å². The standard InChI is InChI=1S/C10H18O6S.2C5H8O3.C2H4OS.K/c1-7(11)15-3-9(13)5-17-6-10(14)4-16-8(2)12;2*1-4(6)7-2-5-3-8-5;1-2(3)4;/h9-10,13-14H,3-6H2,1-2H3;2*5H,2-3H2,1H3;1H3,(H,3,4);/q;;;;+1/p-1. The Labute approximate surface area is 275 Å². The third-order valence-electron chi connectivity index (χ3n) is 3.33. The van der Waals surface area contributed by atoms with Gasteiger partial charge in [-0.3, -0.25) is 19.2 Å². The van der Waals surface area contributed by atoms with Crippen LogP contribution in [0.3, 0.4) is 0 Å². The number of esters is 4. The first-order chi connectivity index (χ1) is 17.2. The predicted molar refractivity (Wildman–Crippen MR) is 133 cm³/mol. The topological polar surface area (TPSA) is 188 Å². The van der Waals surface area contributed by atoms with Crippen LogP contribution in [0.15, 0.2) is 0 Å². The molecule has 0 bridgehead atoms. The first-order valence-electron chi connectivity index (χ1n) is 11.1. The van der Waals surface area contributed by atoms with Gasteiger partial charge in [-0.05, 0) is 6.92 Å². The molecule has 4 unspecified atom stereocenters. The van der Waals surface area contributed by atoms with Gasteiger partial charge >= 0.3 is 75.3 Å². The van der Waals surface area contributed by atoms with Gasteiger partial charge in [0.05, 0.1) is 25.4 Å². The Morgan fingerprint density at radius 1 is 0.737 bits per heavy atom. The normalized spacial score (nSPS) is 17.3. The van der Waals surface area contributed by atoms with Crippen LogP contribution < -0.4 is 51.4 Å². The van der Waals surface area contributed by atoms with Crippen molar-refractivity contribution >= 4 is 53.4 Å². The van der Waals surface area contributed by atoms with Crippen LogP contribution in [0.2, 0.25) is 0 Å². The molecule has 2 aliphatic rings. The fourth-order valence-electron chi connectivity index (χ4n) is 1.61. The molecule has 0 saturated carbocycles. The molecule has 0 radical (unpaired) electrons. The van der Waals surface area contributed by atoms with Gasteiger partial charge in [0.2, 0.25) is 0 Å². The van der Waals surface area contributed by atoms with E-state index in [9.17, 15) is 34.2 Å². The molecule has 2 aliphatic heterocycles. The van der Waals surface area contributed by atoms with E-state index >= 15 is 0 Å². The second kappa shape index (κ2) is 26.8. The van der Waals surface area contributed by atoms with E-state index in [0.717, 1.165) is 13.2 Å². The summed E-state index contributed by atoms with van der Waals surface area (Å²) in [4.78, 5) is 50.4. The number of ether oxygens (including phenoxy) is 6. The van der Waals surface area contributed by atoms with Crippen LogP contribution in [-0.4, -0.2) is 115 Å². The summed E-state index contributed by atoms with van der Waals surface area (Å²) in [6.45, 7) is 8.89. The summed E-state index contributed by atoms with van der Waals surface area (Å²) in [5.74, 6) is -0.677. The number of rotatable bonds is 12. The van der Waals surface area contributed by atoms with Crippen LogP contribution in [0.25, 0.3) is 0 Å². The third-order valence-corrected chi connectivity index (χ3v) is 4.57. The number of carbonyl (C=O) groups excluding carboxylic acids is 5. The summed E-state index contributed by atoms with van der Waals surface area (Å²) in [6, 6.07) is 0.